The van der Waals surface area contributed by atoms with E-state index in [-0.39, 0.29) is 5.91 Å². The average molecular weight is 182 g/mol. The molecule has 0 bridgehead atoms. The minimum Gasteiger partial charge on any atom is -0.366 e. The van der Waals surface area contributed by atoms with E-state index in [4.69, 9.17) is 5.73 Å². The van der Waals surface area contributed by atoms with Crippen molar-refractivity contribution in [1.82, 2.24) is 4.90 Å². The van der Waals surface area contributed by atoms with Gasteiger partial charge in [-0.2, -0.15) is 0 Å². The maximum absolute atomic E-state index is 10.8. The molecule has 0 radical (unpaired) electrons. The Labute approximate surface area is 79.6 Å². The largest absolute Gasteiger partial charge is 0.366 e. The van der Waals surface area contributed by atoms with Crippen LogP contribution in [0.4, 0.5) is 0 Å². The molecule has 13 heavy (non-hydrogen) atoms. The second-order valence-electron chi connectivity index (χ2n) is 3.85. The summed E-state index contributed by atoms with van der Waals surface area (Å²) < 4.78 is 0. The Balaban J connectivity index is 2.46. The van der Waals surface area contributed by atoms with E-state index in [1.165, 1.54) is 0 Å². The quantitative estimate of drug-likeness (QED) is 0.641. The molecule has 3 nitrogen and oxygen atoms in total. The number of piperidine rings is 1. The molecule has 0 aromatic carbocycles. The topological polar surface area (TPSA) is 46.3 Å². The van der Waals surface area contributed by atoms with Crippen LogP contribution in [0.1, 0.15) is 19.8 Å². The molecule has 1 heterocycles. The molecule has 0 unspecified atom stereocenters. The smallest absolute Gasteiger partial charge is 0.244 e. The zero-order valence-electron chi connectivity index (χ0n) is 8.42. The van der Waals surface area contributed by atoms with Gasteiger partial charge in [-0.1, -0.05) is 6.08 Å². The molecule has 0 aromatic rings. The van der Waals surface area contributed by atoms with Gasteiger partial charge in [-0.25, -0.2) is 0 Å². The molecule has 0 aromatic heterocycles. The molecule has 3 heteroatoms. The lowest BCUT2D eigenvalue weighted by molar-refractivity contribution is -0.114. The standard InChI is InChI=1S/C10H18N2O/c1-8(10(11)13)7-9-3-5-12(2)6-4-9/h7,9H,3-6H2,1-2H3,(H2,11,13). The number of carbonyl (C=O) groups is 1. The van der Waals surface area contributed by atoms with Crippen molar-refractivity contribution in [3.63, 3.8) is 0 Å². The monoisotopic (exact) mass is 182 g/mol. The van der Waals surface area contributed by atoms with Crippen LogP contribution in [0.3, 0.4) is 0 Å². The van der Waals surface area contributed by atoms with Gasteiger partial charge >= 0.3 is 0 Å². The molecule has 1 aliphatic rings. The zero-order chi connectivity index (χ0) is 9.84. The van der Waals surface area contributed by atoms with E-state index in [0.29, 0.717) is 11.5 Å². The Bertz CT molecular complexity index is 215. The summed E-state index contributed by atoms with van der Waals surface area (Å²) in [4.78, 5) is 13.1. The normalized spacial score (nSPS) is 21.8. The third-order valence-electron chi connectivity index (χ3n) is 2.64. The van der Waals surface area contributed by atoms with Crippen LogP contribution in [0.25, 0.3) is 0 Å². The Morgan fingerprint density at radius 1 is 1.46 bits per heavy atom. The Morgan fingerprint density at radius 2 is 2.00 bits per heavy atom. The maximum Gasteiger partial charge on any atom is 0.244 e. The van der Waals surface area contributed by atoms with Crippen LogP contribution in [-0.4, -0.2) is 30.9 Å². The summed E-state index contributed by atoms with van der Waals surface area (Å²) in [6.07, 6.45) is 4.30. The van der Waals surface area contributed by atoms with E-state index in [1.54, 1.807) is 6.92 Å². The molecule has 1 saturated heterocycles. The van der Waals surface area contributed by atoms with Gasteiger partial charge in [0.1, 0.15) is 0 Å². The van der Waals surface area contributed by atoms with Crippen molar-refractivity contribution < 1.29 is 4.79 Å². The number of amides is 1. The molecule has 1 aliphatic heterocycles. The minimum atomic E-state index is -0.293. The molecule has 1 fully saturated rings. The van der Waals surface area contributed by atoms with Crippen LogP contribution in [0.2, 0.25) is 0 Å². The first-order valence-corrected chi connectivity index (χ1v) is 4.76. The first kappa shape index (κ1) is 10.3. The maximum atomic E-state index is 10.8. The van der Waals surface area contributed by atoms with Crippen molar-refractivity contribution in [3.05, 3.63) is 11.6 Å². The van der Waals surface area contributed by atoms with Crippen molar-refractivity contribution >= 4 is 5.91 Å². The molecule has 0 spiro atoms. The molecule has 1 amide bonds. The van der Waals surface area contributed by atoms with Gasteiger partial charge in [-0.15, -0.1) is 0 Å². The molecule has 74 valence electrons. The summed E-state index contributed by atoms with van der Waals surface area (Å²) in [6, 6.07) is 0. The van der Waals surface area contributed by atoms with Crippen LogP contribution in [0.5, 0.6) is 0 Å². The fourth-order valence-electron chi connectivity index (χ4n) is 1.63. The number of rotatable bonds is 2. The van der Waals surface area contributed by atoms with E-state index in [2.05, 4.69) is 11.9 Å². The van der Waals surface area contributed by atoms with Crippen LogP contribution in [0.15, 0.2) is 11.6 Å². The highest BCUT2D eigenvalue weighted by Crippen LogP contribution is 2.18. The molecule has 2 N–H and O–H groups in total. The molecule has 0 atom stereocenters. The van der Waals surface area contributed by atoms with E-state index in [0.717, 1.165) is 25.9 Å². The van der Waals surface area contributed by atoms with Crippen molar-refractivity contribution in [2.75, 3.05) is 20.1 Å². The number of carbonyl (C=O) groups excluding carboxylic acids is 1. The lowest BCUT2D eigenvalue weighted by atomic mass is 9.95. The highest BCUT2D eigenvalue weighted by atomic mass is 16.1. The first-order valence-electron chi connectivity index (χ1n) is 4.76. The van der Waals surface area contributed by atoms with Gasteiger partial charge in [0, 0.05) is 5.57 Å². The van der Waals surface area contributed by atoms with E-state index in [1.807, 2.05) is 6.08 Å². The predicted octanol–water partition coefficient (Wildman–Crippen LogP) is 0.760. The first-order chi connectivity index (χ1) is 6.09. The Hall–Kier alpha value is -0.830. The van der Waals surface area contributed by atoms with Crippen LogP contribution < -0.4 is 5.73 Å². The van der Waals surface area contributed by atoms with Crippen molar-refractivity contribution in [2.45, 2.75) is 19.8 Å². The summed E-state index contributed by atoms with van der Waals surface area (Å²) >= 11 is 0. The van der Waals surface area contributed by atoms with Crippen molar-refractivity contribution in [1.29, 1.82) is 0 Å². The number of primary amides is 1. The summed E-state index contributed by atoms with van der Waals surface area (Å²) in [7, 11) is 2.13. The summed E-state index contributed by atoms with van der Waals surface area (Å²) in [5.41, 5.74) is 5.87. The number of hydrogen-bond donors (Lipinski definition) is 1. The van der Waals surface area contributed by atoms with Gasteiger partial charge in [-0.3, -0.25) is 4.79 Å². The number of hydrogen-bond acceptors (Lipinski definition) is 2. The SMILES string of the molecule is CC(=CC1CCN(C)CC1)C(N)=O. The van der Waals surface area contributed by atoms with Gasteiger partial charge in [0.05, 0.1) is 0 Å². The predicted molar refractivity (Wildman–Crippen MR) is 53.2 cm³/mol. The van der Waals surface area contributed by atoms with Crippen LogP contribution in [-0.2, 0) is 4.79 Å². The van der Waals surface area contributed by atoms with Gasteiger partial charge in [0.15, 0.2) is 0 Å². The number of nitrogens with two attached hydrogens (primary N) is 1. The van der Waals surface area contributed by atoms with Crippen LogP contribution in [0, 0.1) is 5.92 Å². The second-order valence-corrected chi connectivity index (χ2v) is 3.85. The van der Waals surface area contributed by atoms with Crippen molar-refractivity contribution in [2.24, 2.45) is 11.7 Å². The highest BCUT2D eigenvalue weighted by molar-refractivity contribution is 5.91. The lowest BCUT2D eigenvalue weighted by Crippen LogP contribution is -2.29. The lowest BCUT2D eigenvalue weighted by Gasteiger charge is -2.27. The van der Waals surface area contributed by atoms with E-state index in [9.17, 15) is 4.79 Å². The van der Waals surface area contributed by atoms with E-state index < -0.39 is 0 Å². The summed E-state index contributed by atoms with van der Waals surface area (Å²) in [6.45, 7) is 4.03. The van der Waals surface area contributed by atoms with Gasteiger partial charge in [0.25, 0.3) is 0 Å². The third-order valence-corrected chi connectivity index (χ3v) is 2.64. The summed E-state index contributed by atoms with van der Waals surface area (Å²) in [5, 5.41) is 0. The fraction of sp³-hybridized carbons (Fsp3) is 0.700. The molecule has 0 aliphatic carbocycles. The molecular formula is C10H18N2O. The zero-order valence-corrected chi connectivity index (χ0v) is 8.42. The summed E-state index contributed by atoms with van der Waals surface area (Å²) in [5.74, 6) is 0.252. The van der Waals surface area contributed by atoms with Crippen molar-refractivity contribution in [3.8, 4) is 0 Å². The van der Waals surface area contributed by atoms with Gasteiger partial charge in [-0.05, 0) is 45.8 Å². The number of allylic oxidation sites excluding steroid dienone is 1. The number of nitrogens with zero attached hydrogens (tertiary/aromatic N) is 1. The van der Waals surface area contributed by atoms with Gasteiger partial charge < -0.3 is 10.6 Å². The molecule has 0 saturated carbocycles. The highest BCUT2D eigenvalue weighted by Gasteiger charge is 2.15. The number of likely N-dealkylation sites (tertiary alicyclic amines) is 1. The van der Waals surface area contributed by atoms with Crippen LogP contribution >= 0.6 is 0 Å². The third kappa shape index (κ3) is 3.19. The Kier molecular flexibility index (Phi) is 3.48. The fourth-order valence-corrected chi connectivity index (χ4v) is 1.63. The average Bonchev–Trinajstić information content (AvgIpc) is 2.08. The molecule has 1 rings (SSSR count). The minimum absolute atomic E-state index is 0.293. The Morgan fingerprint density at radius 3 is 2.46 bits per heavy atom. The van der Waals surface area contributed by atoms with Gasteiger partial charge in [0.2, 0.25) is 5.91 Å². The second kappa shape index (κ2) is 4.42. The van der Waals surface area contributed by atoms with E-state index >= 15 is 0 Å². The molecular weight excluding hydrogens is 164 g/mol.